The Hall–Kier alpha value is -1.53. The summed E-state index contributed by atoms with van der Waals surface area (Å²) in [5, 5.41) is 12.8. The highest BCUT2D eigenvalue weighted by molar-refractivity contribution is 5.60. The van der Waals surface area contributed by atoms with E-state index < -0.39 is 0 Å². The van der Waals surface area contributed by atoms with Gasteiger partial charge in [-0.3, -0.25) is 0 Å². The third-order valence-corrected chi connectivity index (χ3v) is 3.66. The van der Waals surface area contributed by atoms with Gasteiger partial charge in [-0.05, 0) is 37.1 Å². The standard InChI is InChI=1S/C18H29N3/c1-4-7-11-21(12-8-5-2)18-10-9-16(15-20-6-3)13-17(18)14-19/h9-10,13,20H,4-8,11-12,15H2,1-3H3. The second-order valence-electron chi connectivity index (χ2n) is 5.44. The highest BCUT2D eigenvalue weighted by Gasteiger charge is 2.11. The first-order chi connectivity index (χ1) is 10.3. The Morgan fingerprint density at radius 2 is 1.76 bits per heavy atom. The molecule has 0 radical (unpaired) electrons. The second-order valence-corrected chi connectivity index (χ2v) is 5.44. The molecule has 21 heavy (non-hydrogen) atoms. The van der Waals surface area contributed by atoms with E-state index >= 15 is 0 Å². The number of nitrogens with zero attached hydrogens (tertiary/aromatic N) is 2. The van der Waals surface area contributed by atoms with Crippen LogP contribution in [0, 0.1) is 11.3 Å². The SMILES string of the molecule is CCCCN(CCCC)c1ccc(CNCC)cc1C#N. The Morgan fingerprint density at radius 1 is 1.10 bits per heavy atom. The molecule has 0 amide bonds. The zero-order chi connectivity index (χ0) is 15.5. The number of anilines is 1. The molecule has 1 N–H and O–H groups in total. The van der Waals surface area contributed by atoms with E-state index in [4.69, 9.17) is 0 Å². The molecule has 0 aliphatic carbocycles. The van der Waals surface area contributed by atoms with Crippen LogP contribution < -0.4 is 10.2 Å². The highest BCUT2D eigenvalue weighted by Crippen LogP contribution is 2.22. The minimum Gasteiger partial charge on any atom is -0.370 e. The molecule has 0 aliphatic heterocycles. The van der Waals surface area contributed by atoms with E-state index in [-0.39, 0.29) is 0 Å². The number of nitrogens with one attached hydrogen (secondary N) is 1. The molecular weight excluding hydrogens is 258 g/mol. The average Bonchev–Trinajstić information content (AvgIpc) is 2.53. The summed E-state index contributed by atoms with van der Waals surface area (Å²) in [4.78, 5) is 2.38. The second kappa shape index (κ2) is 10.2. The number of hydrogen-bond donors (Lipinski definition) is 1. The van der Waals surface area contributed by atoms with Crippen molar-refractivity contribution in [1.29, 1.82) is 5.26 Å². The first-order valence-corrected chi connectivity index (χ1v) is 8.25. The van der Waals surface area contributed by atoms with Crippen molar-refractivity contribution in [2.75, 3.05) is 24.5 Å². The third kappa shape index (κ3) is 5.77. The van der Waals surface area contributed by atoms with E-state index in [0.29, 0.717) is 0 Å². The fourth-order valence-corrected chi connectivity index (χ4v) is 2.38. The predicted octanol–water partition coefficient (Wildman–Crippen LogP) is 4.07. The summed E-state index contributed by atoms with van der Waals surface area (Å²) >= 11 is 0. The summed E-state index contributed by atoms with van der Waals surface area (Å²) in [6.07, 6.45) is 4.72. The van der Waals surface area contributed by atoms with E-state index in [9.17, 15) is 5.26 Å². The van der Waals surface area contributed by atoms with E-state index in [0.717, 1.165) is 37.4 Å². The van der Waals surface area contributed by atoms with Crippen molar-refractivity contribution >= 4 is 5.69 Å². The maximum Gasteiger partial charge on any atom is 0.101 e. The van der Waals surface area contributed by atoms with E-state index in [1.807, 2.05) is 6.07 Å². The number of nitriles is 1. The predicted molar refractivity (Wildman–Crippen MR) is 90.6 cm³/mol. The van der Waals surface area contributed by atoms with Crippen LogP contribution in [0.3, 0.4) is 0 Å². The van der Waals surface area contributed by atoms with Crippen molar-refractivity contribution in [3.05, 3.63) is 29.3 Å². The van der Waals surface area contributed by atoms with Gasteiger partial charge in [0, 0.05) is 19.6 Å². The summed E-state index contributed by atoms with van der Waals surface area (Å²) in [6.45, 7) is 10.4. The van der Waals surface area contributed by atoms with Crippen molar-refractivity contribution in [2.45, 2.75) is 53.0 Å². The normalized spacial score (nSPS) is 10.4. The van der Waals surface area contributed by atoms with E-state index in [2.05, 4.69) is 49.2 Å². The summed E-state index contributed by atoms with van der Waals surface area (Å²) < 4.78 is 0. The fourth-order valence-electron chi connectivity index (χ4n) is 2.38. The van der Waals surface area contributed by atoms with Gasteiger partial charge in [-0.2, -0.15) is 5.26 Å². The summed E-state index contributed by atoms with van der Waals surface area (Å²) in [6, 6.07) is 8.67. The van der Waals surface area contributed by atoms with Crippen LogP contribution in [0.15, 0.2) is 18.2 Å². The molecule has 0 aliphatic rings. The lowest BCUT2D eigenvalue weighted by Gasteiger charge is -2.26. The molecule has 0 saturated carbocycles. The fraction of sp³-hybridized carbons (Fsp3) is 0.611. The van der Waals surface area contributed by atoms with Gasteiger partial charge in [0.15, 0.2) is 0 Å². The smallest absolute Gasteiger partial charge is 0.101 e. The molecule has 116 valence electrons. The molecule has 0 bridgehead atoms. The Balaban J connectivity index is 2.92. The Kier molecular flexibility index (Phi) is 8.54. The Labute approximate surface area is 130 Å². The summed E-state index contributed by atoms with van der Waals surface area (Å²) in [5.74, 6) is 0. The molecule has 0 atom stereocenters. The lowest BCUT2D eigenvalue weighted by molar-refractivity contribution is 0.677. The van der Waals surface area contributed by atoms with E-state index in [1.165, 1.54) is 31.2 Å². The molecule has 3 heteroatoms. The topological polar surface area (TPSA) is 39.1 Å². The van der Waals surface area contributed by atoms with Gasteiger partial charge in [0.2, 0.25) is 0 Å². The van der Waals surface area contributed by atoms with Crippen LogP contribution in [-0.2, 0) is 6.54 Å². The molecular formula is C18H29N3. The number of benzene rings is 1. The molecule has 1 aromatic carbocycles. The molecule has 0 fully saturated rings. The van der Waals surface area contributed by atoms with Crippen molar-refractivity contribution in [2.24, 2.45) is 0 Å². The first-order valence-electron chi connectivity index (χ1n) is 8.25. The van der Waals surface area contributed by atoms with Gasteiger partial charge in [0.05, 0.1) is 11.3 Å². The molecule has 1 rings (SSSR count). The van der Waals surface area contributed by atoms with Gasteiger partial charge in [-0.25, -0.2) is 0 Å². The van der Waals surface area contributed by atoms with Gasteiger partial charge in [0.25, 0.3) is 0 Å². The van der Waals surface area contributed by atoms with Crippen molar-refractivity contribution < 1.29 is 0 Å². The Bertz CT molecular complexity index is 440. The summed E-state index contributed by atoms with van der Waals surface area (Å²) in [5.41, 5.74) is 3.08. The van der Waals surface area contributed by atoms with Crippen LogP contribution in [-0.4, -0.2) is 19.6 Å². The van der Waals surface area contributed by atoms with Crippen LogP contribution in [0.4, 0.5) is 5.69 Å². The third-order valence-electron chi connectivity index (χ3n) is 3.66. The zero-order valence-electron chi connectivity index (χ0n) is 13.8. The van der Waals surface area contributed by atoms with E-state index in [1.54, 1.807) is 0 Å². The minimum atomic E-state index is 0.803. The largest absolute Gasteiger partial charge is 0.370 e. The van der Waals surface area contributed by atoms with Crippen LogP contribution in [0.2, 0.25) is 0 Å². The van der Waals surface area contributed by atoms with Crippen LogP contribution in [0.5, 0.6) is 0 Å². The summed E-state index contributed by atoms with van der Waals surface area (Å²) in [7, 11) is 0. The van der Waals surface area contributed by atoms with Gasteiger partial charge in [-0.1, -0.05) is 39.7 Å². The minimum absolute atomic E-state index is 0.803. The quantitative estimate of drug-likeness (QED) is 0.705. The lowest BCUT2D eigenvalue weighted by Crippen LogP contribution is -2.26. The molecule has 3 nitrogen and oxygen atoms in total. The maximum absolute atomic E-state index is 9.47. The van der Waals surface area contributed by atoms with Crippen LogP contribution in [0.25, 0.3) is 0 Å². The Morgan fingerprint density at radius 3 is 2.29 bits per heavy atom. The maximum atomic E-state index is 9.47. The molecule has 0 saturated heterocycles. The molecule has 1 aromatic rings. The zero-order valence-corrected chi connectivity index (χ0v) is 13.8. The number of unbranched alkanes of at least 4 members (excludes halogenated alkanes) is 2. The molecule has 0 spiro atoms. The van der Waals surface area contributed by atoms with Crippen molar-refractivity contribution in [3.8, 4) is 6.07 Å². The van der Waals surface area contributed by atoms with Crippen molar-refractivity contribution in [3.63, 3.8) is 0 Å². The van der Waals surface area contributed by atoms with Gasteiger partial charge in [-0.15, -0.1) is 0 Å². The first kappa shape index (κ1) is 17.5. The molecule has 0 heterocycles. The number of rotatable bonds is 10. The monoisotopic (exact) mass is 287 g/mol. The number of hydrogen-bond acceptors (Lipinski definition) is 3. The van der Waals surface area contributed by atoms with Crippen LogP contribution >= 0.6 is 0 Å². The van der Waals surface area contributed by atoms with Crippen LogP contribution in [0.1, 0.15) is 57.6 Å². The van der Waals surface area contributed by atoms with Gasteiger partial charge in [0.1, 0.15) is 6.07 Å². The van der Waals surface area contributed by atoms with Crippen molar-refractivity contribution in [1.82, 2.24) is 5.32 Å². The highest BCUT2D eigenvalue weighted by atomic mass is 15.1. The van der Waals surface area contributed by atoms with Gasteiger partial charge >= 0.3 is 0 Å². The molecule has 0 aromatic heterocycles. The average molecular weight is 287 g/mol. The molecule has 0 unspecified atom stereocenters. The lowest BCUT2D eigenvalue weighted by atomic mass is 10.1. The van der Waals surface area contributed by atoms with Gasteiger partial charge < -0.3 is 10.2 Å².